The third kappa shape index (κ3) is 5.27. The lowest BCUT2D eigenvalue weighted by atomic mass is 9.86. The number of hydrogen-bond acceptors (Lipinski definition) is 3. The van der Waals surface area contributed by atoms with Gasteiger partial charge in [0.25, 0.3) is 17.0 Å². The standard InChI is InChI=1S/C29H33N3O3/c1-9-29(7,8)26-22(21-15-20(11-10-17(2)3)12-13-23(21)30-26)16-24-28(35)32(19(6)27(34)31-24)25(33)14-18(4)5/h9-10,12-16,30H,1,6,11H2,2-5,7-8H3,(H,31,34)/b24-16-. The Balaban J connectivity index is 2.42. The van der Waals surface area contributed by atoms with Gasteiger partial charge in [0.15, 0.2) is 0 Å². The van der Waals surface area contributed by atoms with Gasteiger partial charge in [-0.2, -0.15) is 0 Å². The number of allylic oxidation sites excluding steroid dienone is 5. The van der Waals surface area contributed by atoms with Gasteiger partial charge in [-0.05, 0) is 57.9 Å². The summed E-state index contributed by atoms with van der Waals surface area (Å²) in [7, 11) is 0. The van der Waals surface area contributed by atoms with Crippen molar-refractivity contribution in [3.8, 4) is 0 Å². The van der Waals surface area contributed by atoms with Crippen molar-refractivity contribution in [3.63, 3.8) is 0 Å². The minimum Gasteiger partial charge on any atom is -0.357 e. The van der Waals surface area contributed by atoms with Gasteiger partial charge in [-0.3, -0.25) is 14.4 Å². The maximum atomic E-state index is 13.3. The molecule has 0 amide bonds. The van der Waals surface area contributed by atoms with E-state index in [0.717, 1.165) is 38.7 Å². The van der Waals surface area contributed by atoms with Crippen molar-refractivity contribution in [1.82, 2.24) is 14.5 Å². The van der Waals surface area contributed by atoms with Gasteiger partial charge >= 0.3 is 0 Å². The normalized spacial score (nSPS) is 12.0. The number of fused-ring (bicyclic) bond motifs is 1. The molecule has 6 nitrogen and oxygen atoms in total. The van der Waals surface area contributed by atoms with Crippen LogP contribution in [0.2, 0.25) is 0 Å². The molecule has 182 valence electrons. The lowest BCUT2D eigenvalue weighted by molar-refractivity contribution is 0.0959. The summed E-state index contributed by atoms with van der Waals surface area (Å²) < 4.78 is 0.824. The maximum Gasteiger partial charge on any atom is 0.282 e. The Morgan fingerprint density at radius 3 is 2.37 bits per heavy atom. The molecule has 0 aliphatic carbocycles. The summed E-state index contributed by atoms with van der Waals surface area (Å²) in [6.07, 6.45) is 7.72. The smallest absolute Gasteiger partial charge is 0.282 e. The summed E-state index contributed by atoms with van der Waals surface area (Å²) in [5.74, 6) is -0.602. The Labute approximate surface area is 204 Å². The van der Waals surface area contributed by atoms with Gasteiger partial charge in [0.1, 0.15) is 10.7 Å². The lowest BCUT2D eigenvalue weighted by Crippen LogP contribution is -2.54. The molecular weight excluding hydrogens is 438 g/mol. The second-order valence-electron chi connectivity index (χ2n) is 9.86. The zero-order valence-corrected chi connectivity index (χ0v) is 21.3. The van der Waals surface area contributed by atoms with E-state index in [1.807, 2.05) is 26.0 Å². The van der Waals surface area contributed by atoms with Crippen molar-refractivity contribution in [1.29, 1.82) is 0 Å². The Morgan fingerprint density at radius 2 is 1.77 bits per heavy atom. The summed E-state index contributed by atoms with van der Waals surface area (Å²) in [5, 5.41) is 0.717. The number of nitrogens with one attached hydrogen (secondary N) is 2. The van der Waals surface area contributed by atoms with Crippen LogP contribution in [0.15, 0.2) is 63.7 Å². The molecule has 0 unspecified atom stereocenters. The molecule has 3 aromatic rings. The van der Waals surface area contributed by atoms with Crippen LogP contribution in [0.5, 0.6) is 0 Å². The van der Waals surface area contributed by atoms with E-state index in [4.69, 9.17) is 0 Å². The Kier molecular flexibility index (Phi) is 7.15. The molecule has 0 saturated carbocycles. The van der Waals surface area contributed by atoms with Crippen molar-refractivity contribution in [2.24, 2.45) is 0 Å². The maximum absolute atomic E-state index is 13.3. The number of carbonyl (C=O) groups excluding carboxylic acids is 1. The molecule has 0 aliphatic heterocycles. The van der Waals surface area contributed by atoms with Gasteiger partial charge < -0.3 is 9.97 Å². The van der Waals surface area contributed by atoms with Crippen LogP contribution < -0.4 is 21.8 Å². The van der Waals surface area contributed by atoms with Crippen molar-refractivity contribution in [2.45, 2.75) is 53.4 Å². The number of benzene rings is 1. The molecular formula is C29H33N3O3. The molecule has 6 heteroatoms. The third-order valence-electron chi connectivity index (χ3n) is 5.94. The van der Waals surface area contributed by atoms with E-state index >= 15 is 0 Å². The summed E-state index contributed by atoms with van der Waals surface area (Å²) in [6.45, 7) is 19.3. The Bertz CT molecular complexity index is 1610. The van der Waals surface area contributed by atoms with Crippen LogP contribution in [0, 0.1) is 0 Å². The van der Waals surface area contributed by atoms with Gasteiger partial charge in [-0.1, -0.05) is 49.8 Å². The molecule has 0 saturated heterocycles. The number of carbonyl (C=O) groups is 1. The van der Waals surface area contributed by atoms with Gasteiger partial charge in [0.05, 0.1) is 0 Å². The largest absolute Gasteiger partial charge is 0.357 e. The van der Waals surface area contributed by atoms with Crippen molar-refractivity contribution >= 4 is 29.5 Å². The predicted molar refractivity (Wildman–Crippen MR) is 144 cm³/mol. The van der Waals surface area contributed by atoms with E-state index < -0.39 is 22.4 Å². The van der Waals surface area contributed by atoms with Crippen LogP contribution in [0.1, 0.15) is 63.2 Å². The highest BCUT2D eigenvalue weighted by atomic mass is 16.2. The van der Waals surface area contributed by atoms with E-state index in [1.165, 1.54) is 11.6 Å². The number of aromatic nitrogens is 3. The second-order valence-corrected chi connectivity index (χ2v) is 9.86. The minimum atomic E-state index is -0.630. The van der Waals surface area contributed by atoms with Crippen LogP contribution in [-0.2, 0) is 11.8 Å². The summed E-state index contributed by atoms with van der Waals surface area (Å²) in [5.41, 5.74) is 3.89. The van der Waals surface area contributed by atoms with Crippen molar-refractivity contribution < 1.29 is 4.79 Å². The summed E-state index contributed by atoms with van der Waals surface area (Å²) in [4.78, 5) is 44.8. The summed E-state index contributed by atoms with van der Waals surface area (Å²) >= 11 is 0. The van der Waals surface area contributed by atoms with E-state index in [-0.39, 0.29) is 10.7 Å². The zero-order chi connectivity index (χ0) is 26.1. The van der Waals surface area contributed by atoms with E-state index in [0.29, 0.717) is 5.57 Å². The van der Waals surface area contributed by atoms with Crippen molar-refractivity contribution in [2.75, 3.05) is 0 Å². The molecule has 0 radical (unpaired) electrons. The highest BCUT2D eigenvalue weighted by molar-refractivity contribution is 5.92. The Hall–Kier alpha value is -3.93. The average Bonchev–Trinajstić information content (AvgIpc) is 3.14. The molecule has 1 aromatic carbocycles. The molecule has 0 atom stereocenters. The SMILES string of the molecule is C=CC(C)(C)c1[nH]c2ccc(CC=C(C)C)cc2c1/C=c1\[nH]c(=O)c(=C)n(C(=O)C=C(C)C)c1=O. The molecule has 2 N–H and O–H groups in total. The van der Waals surface area contributed by atoms with Crippen LogP contribution in [0.4, 0.5) is 0 Å². The molecule has 0 aliphatic rings. The fourth-order valence-corrected chi connectivity index (χ4v) is 3.85. The van der Waals surface area contributed by atoms with Crippen molar-refractivity contribution in [3.05, 3.63) is 102 Å². The molecule has 2 aromatic heterocycles. The van der Waals surface area contributed by atoms with E-state index in [1.54, 1.807) is 19.9 Å². The van der Waals surface area contributed by atoms with Gasteiger partial charge in [-0.25, -0.2) is 4.57 Å². The predicted octanol–water partition coefficient (Wildman–Crippen LogP) is 3.84. The van der Waals surface area contributed by atoms with Gasteiger partial charge in [-0.15, -0.1) is 6.58 Å². The average molecular weight is 472 g/mol. The molecule has 0 fully saturated rings. The minimum absolute atomic E-state index is 0.00891. The monoisotopic (exact) mass is 471 g/mol. The number of nitrogens with zero attached hydrogens (tertiary/aromatic N) is 1. The van der Waals surface area contributed by atoms with Crippen LogP contribution in [0.3, 0.4) is 0 Å². The quantitative estimate of drug-likeness (QED) is 0.423. The first-order valence-corrected chi connectivity index (χ1v) is 11.5. The lowest BCUT2D eigenvalue weighted by Gasteiger charge is -2.19. The number of H-pyrrole nitrogens is 2. The van der Waals surface area contributed by atoms with Crippen LogP contribution in [-0.4, -0.2) is 20.4 Å². The molecule has 0 bridgehead atoms. The topological polar surface area (TPSA) is 87.7 Å². The fourth-order valence-electron chi connectivity index (χ4n) is 3.85. The molecule has 3 rings (SSSR count). The first-order valence-electron chi connectivity index (χ1n) is 11.5. The molecule has 2 heterocycles. The second kappa shape index (κ2) is 9.74. The highest BCUT2D eigenvalue weighted by Gasteiger charge is 2.24. The number of hydrogen-bond donors (Lipinski definition) is 2. The first-order chi connectivity index (χ1) is 16.4. The van der Waals surface area contributed by atoms with Gasteiger partial charge in [0, 0.05) is 33.7 Å². The summed E-state index contributed by atoms with van der Waals surface area (Å²) in [6, 6.07) is 6.17. The van der Waals surface area contributed by atoms with E-state index in [2.05, 4.69) is 55.2 Å². The third-order valence-corrected chi connectivity index (χ3v) is 5.94. The van der Waals surface area contributed by atoms with E-state index in [9.17, 15) is 14.4 Å². The zero-order valence-electron chi connectivity index (χ0n) is 21.3. The highest BCUT2D eigenvalue weighted by Crippen LogP contribution is 2.33. The first kappa shape index (κ1) is 25.7. The number of rotatable bonds is 6. The number of aromatic amines is 2. The molecule has 0 spiro atoms. The van der Waals surface area contributed by atoms with Crippen LogP contribution in [0.25, 0.3) is 23.6 Å². The fraction of sp³-hybridized carbons (Fsp3) is 0.276. The van der Waals surface area contributed by atoms with Crippen LogP contribution >= 0.6 is 0 Å². The molecule has 35 heavy (non-hydrogen) atoms. The Morgan fingerprint density at radius 1 is 1.09 bits per heavy atom. The van der Waals surface area contributed by atoms with Gasteiger partial charge in [0.2, 0.25) is 0 Å².